The van der Waals surface area contributed by atoms with Gasteiger partial charge >= 0.3 is 0 Å². The first kappa shape index (κ1) is 11.8. The molecule has 17 heavy (non-hydrogen) atoms. The van der Waals surface area contributed by atoms with Crippen LogP contribution in [0.25, 0.3) is 0 Å². The first-order valence-corrected chi connectivity index (χ1v) is 5.75. The first-order chi connectivity index (χ1) is 8.06. The molecule has 0 fully saturated rings. The lowest BCUT2D eigenvalue weighted by Gasteiger charge is -2.03. The van der Waals surface area contributed by atoms with E-state index in [1.54, 1.807) is 13.0 Å². The maximum atomic E-state index is 13.1. The van der Waals surface area contributed by atoms with Crippen LogP contribution in [0.15, 0.2) is 28.3 Å². The van der Waals surface area contributed by atoms with Crippen LogP contribution in [0.1, 0.15) is 23.1 Å². The molecule has 0 bridgehead atoms. The molecule has 2 aromatic rings. The fourth-order valence-electron chi connectivity index (χ4n) is 1.33. The number of aromatic amines is 1. The standard InChI is InChI=1S/C11H10FN3OS/c1-6(16)9-5-8(12)3-4-10(9)17-11-13-7(2)14-15-11/h3-5H,1-2H3,(H,13,14,15). The van der Waals surface area contributed by atoms with Crippen molar-refractivity contribution < 1.29 is 9.18 Å². The summed E-state index contributed by atoms with van der Waals surface area (Å²) in [7, 11) is 0. The predicted molar refractivity (Wildman–Crippen MR) is 61.6 cm³/mol. The third-order valence-corrected chi connectivity index (χ3v) is 3.04. The predicted octanol–water partition coefficient (Wildman–Crippen LogP) is 2.61. The number of Topliss-reactive ketones (excluding diaryl/α,β-unsaturated/α-hetero) is 1. The molecule has 0 aliphatic rings. The van der Waals surface area contributed by atoms with E-state index in [4.69, 9.17) is 0 Å². The number of rotatable bonds is 3. The molecule has 0 radical (unpaired) electrons. The highest BCUT2D eigenvalue weighted by atomic mass is 32.2. The van der Waals surface area contributed by atoms with Gasteiger partial charge in [-0.25, -0.2) is 9.37 Å². The van der Waals surface area contributed by atoms with Crippen molar-refractivity contribution in [3.63, 3.8) is 0 Å². The fraction of sp³-hybridized carbons (Fsp3) is 0.182. The molecule has 88 valence electrons. The Kier molecular flexibility index (Phi) is 3.23. The molecule has 6 heteroatoms. The van der Waals surface area contributed by atoms with Crippen LogP contribution in [0.4, 0.5) is 4.39 Å². The number of benzene rings is 1. The number of nitrogens with zero attached hydrogens (tertiary/aromatic N) is 2. The number of ketones is 1. The number of hydrogen-bond donors (Lipinski definition) is 1. The summed E-state index contributed by atoms with van der Waals surface area (Å²) in [5.74, 6) is 0.0870. The lowest BCUT2D eigenvalue weighted by Crippen LogP contribution is -1.96. The minimum Gasteiger partial charge on any atom is -0.294 e. The van der Waals surface area contributed by atoms with Crippen LogP contribution < -0.4 is 0 Å². The monoisotopic (exact) mass is 251 g/mol. The van der Waals surface area contributed by atoms with E-state index >= 15 is 0 Å². The van der Waals surface area contributed by atoms with Crippen LogP contribution in [0.2, 0.25) is 0 Å². The van der Waals surface area contributed by atoms with Gasteiger partial charge in [-0.1, -0.05) is 0 Å². The van der Waals surface area contributed by atoms with Crippen molar-refractivity contribution in [3.8, 4) is 0 Å². The van der Waals surface area contributed by atoms with Gasteiger partial charge in [0.2, 0.25) is 5.16 Å². The Morgan fingerprint density at radius 1 is 1.47 bits per heavy atom. The number of nitrogens with one attached hydrogen (secondary N) is 1. The van der Waals surface area contributed by atoms with Crippen molar-refractivity contribution in [1.29, 1.82) is 0 Å². The molecule has 2 rings (SSSR count). The lowest BCUT2D eigenvalue weighted by atomic mass is 10.1. The maximum absolute atomic E-state index is 13.1. The van der Waals surface area contributed by atoms with Gasteiger partial charge in [-0.2, -0.15) is 0 Å². The summed E-state index contributed by atoms with van der Waals surface area (Å²) in [6, 6.07) is 4.10. The molecule has 0 atom stereocenters. The van der Waals surface area contributed by atoms with E-state index in [2.05, 4.69) is 15.2 Å². The van der Waals surface area contributed by atoms with Crippen molar-refractivity contribution in [1.82, 2.24) is 15.2 Å². The third kappa shape index (κ3) is 2.71. The van der Waals surface area contributed by atoms with Gasteiger partial charge in [-0.15, -0.1) is 5.10 Å². The van der Waals surface area contributed by atoms with E-state index in [0.29, 0.717) is 21.4 Å². The van der Waals surface area contributed by atoms with Gasteiger partial charge in [0.1, 0.15) is 11.6 Å². The Balaban J connectivity index is 2.35. The van der Waals surface area contributed by atoms with Crippen molar-refractivity contribution in [3.05, 3.63) is 35.4 Å². The Morgan fingerprint density at radius 2 is 2.24 bits per heavy atom. The highest BCUT2D eigenvalue weighted by molar-refractivity contribution is 7.99. The molecule has 0 aliphatic heterocycles. The molecular formula is C11H10FN3OS. The third-order valence-electron chi connectivity index (χ3n) is 2.10. The number of aryl methyl sites for hydroxylation is 1. The zero-order valence-corrected chi connectivity index (χ0v) is 10.1. The SMILES string of the molecule is CC(=O)c1cc(F)ccc1Sc1n[nH]c(C)n1. The summed E-state index contributed by atoms with van der Waals surface area (Å²) in [5.41, 5.74) is 0.345. The molecule has 1 N–H and O–H groups in total. The van der Waals surface area contributed by atoms with Gasteiger partial charge in [-0.05, 0) is 43.8 Å². The number of halogens is 1. The van der Waals surface area contributed by atoms with Gasteiger partial charge in [0, 0.05) is 10.5 Å². The quantitative estimate of drug-likeness (QED) is 0.852. The van der Waals surface area contributed by atoms with E-state index in [9.17, 15) is 9.18 Å². The molecule has 1 aromatic carbocycles. The van der Waals surface area contributed by atoms with E-state index in [1.807, 2.05) is 0 Å². The smallest absolute Gasteiger partial charge is 0.213 e. The van der Waals surface area contributed by atoms with Crippen LogP contribution in [0.5, 0.6) is 0 Å². The zero-order valence-electron chi connectivity index (χ0n) is 9.32. The summed E-state index contributed by atoms with van der Waals surface area (Å²) in [4.78, 5) is 16.2. The van der Waals surface area contributed by atoms with Gasteiger partial charge in [0.05, 0.1) is 0 Å². The van der Waals surface area contributed by atoms with Crippen LogP contribution in [-0.2, 0) is 0 Å². The Labute approximate surface area is 102 Å². The number of carbonyl (C=O) groups is 1. The molecule has 1 heterocycles. The summed E-state index contributed by atoms with van der Waals surface area (Å²) in [6.45, 7) is 3.19. The maximum Gasteiger partial charge on any atom is 0.213 e. The highest BCUT2D eigenvalue weighted by Gasteiger charge is 2.12. The molecular weight excluding hydrogens is 241 g/mol. The van der Waals surface area contributed by atoms with Crippen LogP contribution in [0.3, 0.4) is 0 Å². The van der Waals surface area contributed by atoms with Crippen LogP contribution in [-0.4, -0.2) is 21.0 Å². The number of aromatic nitrogens is 3. The second-order valence-electron chi connectivity index (χ2n) is 3.50. The van der Waals surface area contributed by atoms with Gasteiger partial charge in [0.25, 0.3) is 0 Å². The van der Waals surface area contributed by atoms with E-state index < -0.39 is 5.82 Å². The molecule has 0 unspecified atom stereocenters. The van der Waals surface area contributed by atoms with E-state index in [-0.39, 0.29) is 5.78 Å². The second kappa shape index (κ2) is 4.67. The number of hydrogen-bond acceptors (Lipinski definition) is 4. The number of H-pyrrole nitrogens is 1. The van der Waals surface area contributed by atoms with E-state index in [1.165, 1.54) is 30.8 Å². The molecule has 0 saturated carbocycles. The van der Waals surface area contributed by atoms with Crippen molar-refractivity contribution in [2.24, 2.45) is 0 Å². The molecule has 4 nitrogen and oxygen atoms in total. The molecule has 0 spiro atoms. The lowest BCUT2D eigenvalue weighted by molar-refractivity contribution is 0.101. The van der Waals surface area contributed by atoms with Gasteiger partial charge in [0.15, 0.2) is 5.78 Å². The van der Waals surface area contributed by atoms with Crippen LogP contribution in [0, 0.1) is 12.7 Å². The van der Waals surface area contributed by atoms with Crippen molar-refractivity contribution in [2.75, 3.05) is 0 Å². The molecule has 0 aliphatic carbocycles. The normalized spacial score (nSPS) is 10.5. The van der Waals surface area contributed by atoms with Gasteiger partial charge in [-0.3, -0.25) is 9.89 Å². The highest BCUT2D eigenvalue weighted by Crippen LogP contribution is 2.28. The average Bonchev–Trinajstić information content (AvgIpc) is 2.66. The van der Waals surface area contributed by atoms with E-state index in [0.717, 1.165) is 0 Å². The first-order valence-electron chi connectivity index (χ1n) is 4.93. The molecule has 0 saturated heterocycles. The average molecular weight is 251 g/mol. The van der Waals surface area contributed by atoms with Crippen molar-refractivity contribution in [2.45, 2.75) is 23.9 Å². The van der Waals surface area contributed by atoms with Crippen molar-refractivity contribution >= 4 is 17.5 Å². The summed E-state index contributed by atoms with van der Waals surface area (Å²) < 4.78 is 13.1. The fourth-order valence-corrected chi connectivity index (χ4v) is 2.25. The minimum absolute atomic E-state index is 0.181. The molecule has 0 amide bonds. The summed E-state index contributed by atoms with van der Waals surface area (Å²) >= 11 is 1.23. The van der Waals surface area contributed by atoms with Gasteiger partial charge < -0.3 is 0 Å². The Hall–Kier alpha value is -1.69. The topological polar surface area (TPSA) is 58.6 Å². The summed E-state index contributed by atoms with van der Waals surface area (Å²) in [5, 5.41) is 7.17. The molecule has 1 aromatic heterocycles. The Morgan fingerprint density at radius 3 is 2.82 bits per heavy atom. The number of carbonyl (C=O) groups excluding carboxylic acids is 1. The van der Waals surface area contributed by atoms with Crippen LogP contribution >= 0.6 is 11.8 Å². The second-order valence-corrected chi connectivity index (χ2v) is 4.51. The largest absolute Gasteiger partial charge is 0.294 e. The minimum atomic E-state index is -0.425. The Bertz CT molecular complexity index is 568. The summed E-state index contributed by atoms with van der Waals surface area (Å²) in [6.07, 6.45) is 0. The zero-order chi connectivity index (χ0) is 12.4.